The summed E-state index contributed by atoms with van der Waals surface area (Å²) >= 11 is 1.68. The van der Waals surface area contributed by atoms with E-state index in [0.717, 1.165) is 16.9 Å². The van der Waals surface area contributed by atoms with E-state index in [0.29, 0.717) is 5.75 Å². The maximum absolute atomic E-state index is 12.7. The molecule has 0 saturated carbocycles. The maximum Gasteiger partial charge on any atom is 0.234 e. The van der Waals surface area contributed by atoms with E-state index in [1.165, 1.54) is 10.4 Å². The highest BCUT2D eigenvalue weighted by Crippen LogP contribution is 2.29. The van der Waals surface area contributed by atoms with Gasteiger partial charge < -0.3 is 14.8 Å². The minimum Gasteiger partial charge on any atom is -0.497 e. The molecule has 1 heterocycles. The SMILES string of the molecule is COc1ccc(OC)c([C@H](C)NC(=O)CN[C@H](c2ccc(C)cc2)c2cccs2)c1. The molecule has 6 heteroatoms. The molecule has 1 amide bonds. The number of carbonyl (C=O) groups is 1. The number of hydrogen-bond donors (Lipinski definition) is 2. The lowest BCUT2D eigenvalue weighted by molar-refractivity contribution is -0.121. The van der Waals surface area contributed by atoms with E-state index in [1.807, 2.05) is 31.2 Å². The van der Waals surface area contributed by atoms with Crippen molar-refractivity contribution in [3.8, 4) is 11.5 Å². The summed E-state index contributed by atoms with van der Waals surface area (Å²) in [5.41, 5.74) is 3.22. The summed E-state index contributed by atoms with van der Waals surface area (Å²) in [6, 6.07) is 17.8. The molecule has 0 aliphatic rings. The summed E-state index contributed by atoms with van der Waals surface area (Å²) in [6.45, 7) is 4.21. The van der Waals surface area contributed by atoms with E-state index in [-0.39, 0.29) is 24.5 Å². The van der Waals surface area contributed by atoms with Crippen LogP contribution in [-0.2, 0) is 4.79 Å². The van der Waals surface area contributed by atoms with Crippen molar-refractivity contribution < 1.29 is 14.3 Å². The summed E-state index contributed by atoms with van der Waals surface area (Å²) in [4.78, 5) is 13.9. The Kier molecular flexibility index (Phi) is 7.49. The lowest BCUT2D eigenvalue weighted by atomic mass is 10.0. The summed E-state index contributed by atoms with van der Waals surface area (Å²) in [5, 5.41) is 8.51. The van der Waals surface area contributed by atoms with Gasteiger partial charge in [-0.3, -0.25) is 10.1 Å². The maximum atomic E-state index is 12.7. The number of rotatable bonds is 9. The molecule has 1 aromatic heterocycles. The number of benzene rings is 2. The largest absolute Gasteiger partial charge is 0.497 e. The van der Waals surface area contributed by atoms with Crippen molar-refractivity contribution >= 4 is 17.2 Å². The fourth-order valence-electron chi connectivity index (χ4n) is 3.34. The highest BCUT2D eigenvalue weighted by Gasteiger charge is 2.19. The predicted molar refractivity (Wildman–Crippen MR) is 121 cm³/mol. The quantitative estimate of drug-likeness (QED) is 0.526. The van der Waals surface area contributed by atoms with Gasteiger partial charge in [-0.25, -0.2) is 0 Å². The Hall–Kier alpha value is -2.83. The zero-order chi connectivity index (χ0) is 21.5. The van der Waals surface area contributed by atoms with E-state index in [4.69, 9.17) is 9.47 Å². The van der Waals surface area contributed by atoms with Crippen molar-refractivity contribution in [2.45, 2.75) is 25.9 Å². The first-order valence-corrected chi connectivity index (χ1v) is 10.7. The summed E-state index contributed by atoms with van der Waals surface area (Å²) in [6.07, 6.45) is 0. The van der Waals surface area contributed by atoms with Crippen LogP contribution in [0.1, 0.15) is 40.6 Å². The van der Waals surface area contributed by atoms with Crippen LogP contribution in [0.25, 0.3) is 0 Å². The van der Waals surface area contributed by atoms with Gasteiger partial charge in [0, 0.05) is 10.4 Å². The fraction of sp³-hybridized carbons (Fsp3) is 0.292. The molecule has 0 spiro atoms. The third-order valence-corrected chi connectivity index (χ3v) is 5.92. The van der Waals surface area contributed by atoms with Gasteiger partial charge in [-0.1, -0.05) is 35.9 Å². The fourth-order valence-corrected chi connectivity index (χ4v) is 4.17. The number of ether oxygens (including phenoxy) is 2. The van der Waals surface area contributed by atoms with Crippen LogP contribution in [0.15, 0.2) is 60.0 Å². The van der Waals surface area contributed by atoms with Crippen molar-refractivity contribution in [1.82, 2.24) is 10.6 Å². The molecule has 0 unspecified atom stereocenters. The van der Waals surface area contributed by atoms with Crippen LogP contribution < -0.4 is 20.1 Å². The van der Waals surface area contributed by atoms with Gasteiger partial charge in [0.2, 0.25) is 5.91 Å². The Morgan fingerprint density at radius 2 is 1.83 bits per heavy atom. The minimum absolute atomic E-state index is 0.0296. The normalized spacial score (nSPS) is 12.8. The van der Waals surface area contributed by atoms with E-state index in [2.05, 4.69) is 53.3 Å². The molecule has 0 fully saturated rings. The van der Waals surface area contributed by atoms with E-state index < -0.39 is 0 Å². The van der Waals surface area contributed by atoms with Gasteiger partial charge >= 0.3 is 0 Å². The van der Waals surface area contributed by atoms with Crippen molar-refractivity contribution in [2.75, 3.05) is 20.8 Å². The molecule has 0 aliphatic heterocycles. The standard InChI is InChI=1S/C24H28N2O3S/c1-16-7-9-18(10-8-16)24(22-6-5-13-30-22)25-15-23(27)26-17(2)20-14-19(28-3)11-12-21(20)29-4/h5-14,17,24-25H,15H2,1-4H3,(H,26,27)/t17-,24+/m0/s1. The van der Waals surface area contributed by atoms with Gasteiger partial charge in [0.25, 0.3) is 0 Å². The van der Waals surface area contributed by atoms with Crippen LogP contribution in [0.5, 0.6) is 11.5 Å². The van der Waals surface area contributed by atoms with Crippen LogP contribution in [0.2, 0.25) is 0 Å². The van der Waals surface area contributed by atoms with Crippen molar-refractivity contribution in [1.29, 1.82) is 0 Å². The molecule has 0 bridgehead atoms. The summed E-state index contributed by atoms with van der Waals surface area (Å²) in [5.74, 6) is 1.36. The van der Waals surface area contributed by atoms with E-state index >= 15 is 0 Å². The molecule has 30 heavy (non-hydrogen) atoms. The summed E-state index contributed by atoms with van der Waals surface area (Å²) in [7, 11) is 3.24. The molecule has 158 valence electrons. The lowest BCUT2D eigenvalue weighted by Gasteiger charge is -2.21. The van der Waals surface area contributed by atoms with Crippen LogP contribution >= 0.6 is 11.3 Å². The first-order valence-electron chi connectivity index (χ1n) is 9.86. The number of nitrogens with one attached hydrogen (secondary N) is 2. The number of hydrogen-bond acceptors (Lipinski definition) is 5. The second-order valence-corrected chi connectivity index (χ2v) is 8.12. The smallest absolute Gasteiger partial charge is 0.234 e. The summed E-state index contributed by atoms with van der Waals surface area (Å²) < 4.78 is 10.7. The number of aryl methyl sites for hydroxylation is 1. The average molecular weight is 425 g/mol. The van der Waals surface area contributed by atoms with Crippen LogP contribution in [-0.4, -0.2) is 26.7 Å². The van der Waals surface area contributed by atoms with Crippen LogP contribution in [0, 0.1) is 6.92 Å². The van der Waals surface area contributed by atoms with Crippen molar-refractivity contribution in [2.24, 2.45) is 0 Å². The Labute approximate surface area is 182 Å². The Bertz CT molecular complexity index is 955. The van der Waals surface area contributed by atoms with Gasteiger partial charge in [-0.05, 0) is 49.1 Å². The minimum atomic E-state index is -0.219. The van der Waals surface area contributed by atoms with Crippen LogP contribution in [0.3, 0.4) is 0 Å². The first kappa shape index (κ1) is 21.9. The highest BCUT2D eigenvalue weighted by molar-refractivity contribution is 7.10. The second kappa shape index (κ2) is 10.3. The average Bonchev–Trinajstić information content (AvgIpc) is 3.29. The Morgan fingerprint density at radius 1 is 1.07 bits per heavy atom. The second-order valence-electron chi connectivity index (χ2n) is 7.14. The van der Waals surface area contributed by atoms with E-state index in [1.54, 1.807) is 25.6 Å². The zero-order valence-corrected chi connectivity index (χ0v) is 18.6. The zero-order valence-electron chi connectivity index (χ0n) is 17.8. The molecule has 0 aliphatic carbocycles. The number of thiophene rings is 1. The predicted octanol–water partition coefficient (Wildman–Crippen LogP) is 4.63. The molecule has 3 rings (SSSR count). The third-order valence-electron chi connectivity index (χ3n) is 4.99. The Balaban J connectivity index is 1.68. The Morgan fingerprint density at radius 3 is 2.47 bits per heavy atom. The monoisotopic (exact) mass is 424 g/mol. The number of carbonyl (C=O) groups excluding carboxylic acids is 1. The molecule has 0 saturated heterocycles. The van der Waals surface area contributed by atoms with Crippen molar-refractivity contribution in [3.05, 3.63) is 81.5 Å². The lowest BCUT2D eigenvalue weighted by Crippen LogP contribution is -2.37. The number of amides is 1. The molecule has 0 radical (unpaired) electrons. The molecular weight excluding hydrogens is 396 g/mol. The molecule has 2 aromatic carbocycles. The van der Waals surface area contributed by atoms with Crippen molar-refractivity contribution in [3.63, 3.8) is 0 Å². The van der Waals surface area contributed by atoms with Gasteiger partial charge in [-0.2, -0.15) is 0 Å². The van der Waals surface area contributed by atoms with E-state index in [9.17, 15) is 4.79 Å². The molecule has 3 aromatic rings. The topological polar surface area (TPSA) is 59.6 Å². The first-order chi connectivity index (χ1) is 14.5. The molecule has 2 atom stereocenters. The van der Waals surface area contributed by atoms with Gasteiger partial charge in [-0.15, -0.1) is 11.3 Å². The van der Waals surface area contributed by atoms with Crippen LogP contribution in [0.4, 0.5) is 0 Å². The van der Waals surface area contributed by atoms with Gasteiger partial charge in [0.15, 0.2) is 0 Å². The third kappa shape index (κ3) is 5.40. The highest BCUT2D eigenvalue weighted by atomic mass is 32.1. The number of methoxy groups -OCH3 is 2. The molecule has 2 N–H and O–H groups in total. The molecule has 5 nitrogen and oxygen atoms in total. The van der Waals surface area contributed by atoms with Gasteiger partial charge in [0.1, 0.15) is 11.5 Å². The van der Waals surface area contributed by atoms with Gasteiger partial charge in [0.05, 0.1) is 32.8 Å². The molecular formula is C24H28N2O3S.